The van der Waals surface area contributed by atoms with Crippen molar-refractivity contribution in [2.45, 2.75) is 43.9 Å². The van der Waals surface area contributed by atoms with Gasteiger partial charge in [-0.05, 0) is 31.7 Å². The highest BCUT2D eigenvalue weighted by Gasteiger charge is 2.51. The molecule has 18 heavy (non-hydrogen) atoms. The predicted octanol–water partition coefficient (Wildman–Crippen LogP) is 1.42. The van der Waals surface area contributed by atoms with Gasteiger partial charge in [-0.1, -0.05) is 13.8 Å². The van der Waals surface area contributed by atoms with Crippen LogP contribution in [0.25, 0.3) is 0 Å². The van der Waals surface area contributed by atoms with E-state index in [0.717, 1.165) is 25.8 Å². The van der Waals surface area contributed by atoms with Crippen LogP contribution in [0.4, 0.5) is 0 Å². The van der Waals surface area contributed by atoms with Crippen molar-refractivity contribution in [3.8, 4) is 0 Å². The van der Waals surface area contributed by atoms with E-state index in [-0.39, 0.29) is 17.8 Å². The Labute approximate surface area is 114 Å². The van der Waals surface area contributed by atoms with Crippen molar-refractivity contribution in [3.05, 3.63) is 0 Å². The molecular weight excluding hydrogens is 250 g/mol. The lowest BCUT2D eigenvalue weighted by atomic mass is 9.95. The molecule has 2 unspecified atom stereocenters. The molecule has 1 aliphatic rings. The van der Waals surface area contributed by atoms with Crippen LogP contribution in [-0.2, 0) is 9.53 Å². The van der Waals surface area contributed by atoms with Gasteiger partial charge in [-0.25, -0.2) is 0 Å². The largest absolute Gasteiger partial charge is 0.468 e. The molecule has 2 N–H and O–H groups in total. The molecule has 0 heterocycles. The molecule has 1 fully saturated rings. The molecule has 1 rings (SSSR count). The summed E-state index contributed by atoms with van der Waals surface area (Å²) < 4.78 is 5.00. The van der Waals surface area contributed by atoms with Crippen LogP contribution < -0.4 is 5.32 Å². The summed E-state index contributed by atoms with van der Waals surface area (Å²) in [5, 5.41) is 12.6. The van der Waals surface area contributed by atoms with Crippen LogP contribution in [0.2, 0.25) is 0 Å². The number of hydrogen-bond donors (Lipinski definition) is 2. The minimum absolute atomic E-state index is 0.139. The van der Waals surface area contributed by atoms with E-state index in [4.69, 9.17) is 9.84 Å². The maximum Gasteiger partial charge on any atom is 0.327 e. The predicted molar refractivity (Wildman–Crippen MR) is 74.8 cm³/mol. The third-order valence-corrected chi connectivity index (χ3v) is 4.71. The Bertz CT molecular complexity index is 271. The van der Waals surface area contributed by atoms with Gasteiger partial charge in [-0.3, -0.25) is 4.79 Å². The van der Waals surface area contributed by atoms with Gasteiger partial charge in [-0.2, -0.15) is 11.8 Å². The fourth-order valence-electron chi connectivity index (χ4n) is 2.04. The van der Waals surface area contributed by atoms with E-state index in [1.807, 2.05) is 6.92 Å². The molecule has 0 radical (unpaired) electrons. The van der Waals surface area contributed by atoms with Crippen molar-refractivity contribution < 1.29 is 14.6 Å². The molecule has 0 spiro atoms. The second-order valence-electron chi connectivity index (χ2n) is 4.97. The third kappa shape index (κ3) is 3.87. The highest BCUT2D eigenvalue weighted by Crippen LogP contribution is 2.42. The molecular formula is C13H25NO3S. The van der Waals surface area contributed by atoms with Crippen molar-refractivity contribution in [1.29, 1.82) is 0 Å². The van der Waals surface area contributed by atoms with E-state index >= 15 is 0 Å². The maximum absolute atomic E-state index is 12.2. The highest BCUT2D eigenvalue weighted by atomic mass is 32.2. The first kappa shape index (κ1) is 15.8. The van der Waals surface area contributed by atoms with Gasteiger partial charge < -0.3 is 15.2 Å². The van der Waals surface area contributed by atoms with Crippen LogP contribution in [0.5, 0.6) is 0 Å². The van der Waals surface area contributed by atoms with Crippen LogP contribution in [0.1, 0.15) is 33.1 Å². The number of methoxy groups -OCH3 is 1. The number of esters is 1. The Morgan fingerprint density at radius 2 is 2.28 bits per heavy atom. The summed E-state index contributed by atoms with van der Waals surface area (Å²) in [6.07, 6.45) is 3.16. The number of aliphatic hydroxyl groups is 1. The average molecular weight is 275 g/mol. The SMILES string of the molecule is CCCNC(CSC(C)CO)(C(=O)OC)C1CC1. The monoisotopic (exact) mass is 275 g/mol. The summed E-state index contributed by atoms with van der Waals surface area (Å²) >= 11 is 1.63. The molecule has 1 saturated carbocycles. The first-order valence-electron chi connectivity index (χ1n) is 6.66. The summed E-state index contributed by atoms with van der Waals surface area (Å²) in [4.78, 5) is 12.2. The second kappa shape index (κ2) is 7.36. The van der Waals surface area contributed by atoms with E-state index in [1.165, 1.54) is 7.11 Å². The topological polar surface area (TPSA) is 58.6 Å². The molecule has 1 aliphatic carbocycles. The van der Waals surface area contributed by atoms with Crippen molar-refractivity contribution in [2.75, 3.05) is 26.0 Å². The number of carbonyl (C=O) groups is 1. The van der Waals surface area contributed by atoms with Crippen LogP contribution >= 0.6 is 11.8 Å². The standard InChI is InChI=1S/C13H25NO3S/c1-4-7-14-13(11-5-6-11,12(16)17-3)9-18-10(2)8-15/h10-11,14-15H,4-9H2,1-3H3. The normalized spacial score (nSPS) is 20.2. The number of thioether (sulfide) groups is 1. The molecule has 0 aliphatic heterocycles. The Kier molecular flexibility index (Phi) is 6.46. The van der Waals surface area contributed by atoms with Gasteiger partial charge in [-0.15, -0.1) is 0 Å². The molecule has 0 amide bonds. The lowest BCUT2D eigenvalue weighted by Crippen LogP contribution is -2.57. The molecule has 0 bridgehead atoms. The zero-order chi connectivity index (χ0) is 13.6. The Hall–Kier alpha value is -0.260. The summed E-state index contributed by atoms with van der Waals surface area (Å²) in [7, 11) is 1.45. The summed E-state index contributed by atoms with van der Waals surface area (Å²) in [5.41, 5.74) is -0.557. The molecule has 5 heteroatoms. The van der Waals surface area contributed by atoms with Gasteiger partial charge in [0, 0.05) is 11.0 Å². The fourth-order valence-corrected chi connectivity index (χ4v) is 3.15. The van der Waals surface area contributed by atoms with Crippen molar-refractivity contribution in [2.24, 2.45) is 5.92 Å². The second-order valence-corrected chi connectivity index (χ2v) is 6.39. The first-order chi connectivity index (χ1) is 8.60. The molecule has 2 atom stereocenters. The third-order valence-electron chi connectivity index (χ3n) is 3.37. The number of ether oxygens (including phenoxy) is 1. The van der Waals surface area contributed by atoms with Crippen LogP contribution in [0.3, 0.4) is 0 Å². The fraction of sp³-hybridized carbons (Fsp3) is 0.923. The van der Waals surface area contributed by atoms with Gasteiger partial charge in [0.1, 0.15) is 5.54 Å². The minimum atomic E-state index is -0.557. The average Bonchev–Trinajstić information content (AvgIpc) is 3.22. The van der Waals surface area contributed by atoms with E-state index < -0.39 is 5.54 Å². The summed E-state index contributed by atoms with van der Waals surface area (Å²) in [6.45, 7) is 5.02. The van der Waals surface area contributed by atoms with Crippen molar-refractivity contribution >= 4 is 17.7 Å². The zero-order valence-electron chi connectivity index (χ0n) is 11.6. The molecule has 106 valence electrons. The van der Waals surface area contributed by atoms with E-state index in [1.54, 1.807) is 11.8 Å². The Morgan fingerprint density at radius 3 is 2.72 bits per heavy atom. The van der Waals surface area contributed by atoms with Crippen LogP contribution in [0.15, 0.2) is 0 Å². The number of hydrogen-bond acceptors (Lipinski definition) is 5. The molecule has 4 nitrogen and oxygen atoms in total. The molecule has 0 aromatic heterocycles. The van der Waals surface area contributed by atoms with Crippen molar-refractivity contribution in [3.63, 3.8) is 0 Å². The van der Waals surface area contributed by atoms with Crippen molar-refractivity contribution in [1.82, 2.24) is 5.32 Å². The first-order valence-corrected chi connectivity index (χ1v) is 7.71. The van der Waals surface area contributed by atoms with Gasteiger partial charge in [0.15, 0.2) is 0 Å². The zero-order valence-corrected chi connectivity index (χ0v) is 12.4. The van der Waals surface area contributed by atoms with Gasteiger partial charge in [0.05, 0.1) is 13.7 Å². The van der Waals surface area contributed by atoms with E-state index in [0.29, 0.717) is 11.7 Å². The molecule has 0 aromatic carbocycles. The quantitative estimate of drug-likeness (QED) is 0.623. The lowest BCUT2D eigenvalue weighted by molar-refractivity contribution is -0.148. The highest BCUT2D eigenvalue weighted by molar-refractivity contribution is 8.00. The van der Waals surface area contributed by atoms with Gasteiger partial charge in [0.25, 0.3) is 0 Å². The van der Waals surface area contributed by atoms with Gasteiger partial charge in [0.2, 0.25) is 0 Å². The smallest absolute Gasteiger partial charge is 0.327 e. The van der Waals surface area contributed by atoms with Crippen LogP contribution in [-0.4, -0.2) is 47.9 Å². The number of aliphatic hydroxyl groups excluding tert-OH is 1. The molecule has 0 saturated heterocycles. The number of rotatable bonds is 9. The lowest BCUT2D eigenvalue weighted by Gasteiger charge is -2.32. The van der Waals surface area contributed by atoms with Gasteiger partial charge >= 0.3 is 5.97 Å². The number of nitrogens with one attached hydrogen (secondary N) is 1. The van der Waals surface area contributed by atoms with E-state index in [9.17, 15) is 4.79 Å². The maximum atomic E-state index is 12.2. The Morgan fingerprint density at radius 1 is 1.61 bits per heavy atom. The Balaban J connectivity index is 2.72. The number of carbonyl (C=O) groups excluding carboxylic acids is 1. The summed E-state index contributed by atoms with van der Waals surface area (Å²) in [6, 6.07) is 0. The minimum Gasteiger partial charge on any atom is -0.468 e. The summed E-state index contributed by atoms with van der Waals surface area (Å²) in [5.74, 6) is 0.900. The van der Waals surface area contributed by atoms with Crippen LogP contribution in [0, 0.1) is 5.92 Å². The molecule has 0 aromatic rings. The van der Waals surface area contributed by atoms with E-state index in [2.05, 4.69) is 12.2 Å².